The summed E-state index contributed by atoms with van der Waals surface area (Å²) in [5, 5.41) is 0. The van der Waals surface area contributed by atoms with Crippen LogP contribution in [0.1, 0.15) is 22.3 Å². The minimum Gasteiger partial charge on any atom is -0.204 e. The van der Waals surface area contributed by atoms with Gasteiger partial charge in [-0.2, -0.15) is 17.6 Å². The van der Waals surface area contributed by atoms with E-state index in [-0.39, 0.29) is 0 Å². The molecule has 0 spiro atoms. The predicted octanol–water partition coefficient (Wildman–Crippen LogP) is 7.53. The molecular formula is C26BF18. The number of rotatable bonds is 2. The summed E-state index contributed by atoms with van der Waals surface area (Å²) >= 11 is 0. The summed E-state index contributed by atoms with van der Waals surface area (Å²) in [6.07, 6.45) is 0. The molecular weight excluding hydrogens is 665 g/mol. The highest BCUT2D eigenvalue weighted by molar-refractivity contribution is 6.69. The van der Waals surface area contributed by atoms with Gasteiger partial charge in [0.2, 0.25) is 7.28 Å². The molecule has 6 rings (SSSR count). The highest BCUT2D eigenvalue weighted by Crippen LogP contribution is 2.56. The summed E-state index contributed by atoms with van der Waals surface area (Å²) in [5.74, 6) is -51.4. The Morgan fingerprint density at radius 2 is 0.489 bits per heavy atom. The van der Waals surface area contributed by atoms with Crippen LogP contribution in [0.3, 0.4) is 0 Å². The Morgan fingerprint density at radius 1 is 0.267 bits per heavy atom. The Bertz CT molecular complexity index is 1940. The second kappa shape index (κ2) is 9.12. The smallest absolute Gasteiger partial charge is 0.204 e. The van der Waals surface area contributed by atoms with E-state index in [4.69, 9.17) is 0 Å². The second-order valence-corrected chi connectivity index (χ2v) is 9.52. The van der Waals surface area contributed by atoms with Crippen LogP contribution >= 0.6 is 0 Å². The Labute approximate surface area is 235 Å². The molecule has 19 heteroatoms. The summed E-state index contributed by atoms with van der Waals surface area (Å²) in [4.78, 5) is 0. The molecule has 0 heterocycles. The van der Waals surface area contributed by atoms with E-state index in [0.717, 1.165) is 0 Å². The molecule has 0 aromatic heterocycles. The topological polar surface area (TPSA) is 0 Å². The molecule has 0 saturated heterocycles. The fraction of sp³-hybridized carbons (Fsp3) is 0.0769. The van der Waals surface area contributed by atoms with Gasteiger partial charge in [0.15, 0.2) is 81.4 Å². The minimum atomic E-state index is -5.46. The molecule has 0 atom stereocenters. The Morgan fingerprint density at radius 3 is 0.778 bits per heavy atom. The molecule has 2 aliphatic rings. The number of benzene rings is 4. The fourth-order valence-corrected chi connectivity index (χ4v) is 5.47. The van der Waals surface area contributed by atoms with Gasteiger partial charge in [-0.3, -0.25) is 0 Å². The molecule has 0 unspecified atom stereocenters. The minimum absolute atomic E-state index is 0.752. The van der Waals surface area contributed by atoms with E-state index in [0.29, 0.717) is 0 Å². The molecule has 4 aromatic carbocycles. The molecule has 0 N–H and O–H groups in total. The maximum Gasteiger partial charge on any atom is 0.302 e. The van der Waals surface area contributed by atoms with E-state index >= 15 is 26.3 Å². The lowest BCUT2D eigenvalue weighted by atomic mass is 9.58. The third kappa shape index (κ3) is 3.46. The first-order valence-corrected chi connectivity index (χ1v) is 11.5. The van der Waals surface area contributed by atoms with Crippen molar-refractivity contribution in [3.8, 4) is 22.3 Å². The highest BCUT2D eigenvalue weighted by Gasteiger charge is 2.57. The van der Waals surface area contributed by atoms with Gasteiger partial charge in [0.05, 0.1) is 11.1 Å². The summed E-state index contributed by atoms with van der Waals surface area (Å²) < 4.78 is 265. The fourth-order valence-electron chi connectivity index (χ4n) is 5.47. The molecule has 0 aliphatic heterocycles. The Hall–Kier alpha value is -4.32. The number of alkyl halides is 4. The maximum absolute atomic E-state index is 15.5. The summed E-state index contributed by atoms with van der Waals surface area (Å²) in [5.41, 5.74) is -24.0. The van der Waals surface area contributed by atoms with Crippen LogP contribution in [0.5, 0.6) is 0 Å². The van der Waals surface area contributed by atoms with Crippen LogP contribution in [-0.4, -0.2) is 7.28 Å². The van der Waals surface area contributed by atoms with E-state index in [2.05, 4.69) is 0 Å². The van der Waals surface area contributed by atoms with Crippen LogP contribution in [0, 0.1) is 81.4 Å². The number of halogens is 18. The van der Waals surface area contributed by atoms with Gasteiger partial charge in [0, 0.05) is 33.4 Å². The van der Waals surface area contributed by atoms with Gasteiger partial charge in [-0.05, 0) is 10.9 Å². The van der Waals surface area contributed by atoms with Gasteiger partial charge < -0.3 is 0 Å². The quantitative estimate of drug-likeness (QED) is 0.0900. The van der Waals surface area contributed by atoms with Crippen molar-refractivity contribution in [3.05, 3.63) is 104 Å². The first kappa shape index (κ1) is 30.7. The van der Waals surface area contributed by atoms with Crippen LogP contribution in [0.2, 0.25) is 0 Å². The zero-order chi connectivity index (χ0) is 33.6. The van der Waals surface area contributed by atoms with Crippen molar-refractivity contribution in [2.75, 3.05) is 0 Å². The van der Waals surface area contributed by atoms with Crippen LogP contribution in [0.25, 0.3) is 22.3 Å². The first-order valence-electron chi connectivity index (χ1n) is 11.5. The van der Waals surface area contributed by atoms with Crippen molar-refractivity contribution in [1.29, 1.82) is 0 Å². The molecule has 45 heavy (non-hydrogen) atoms. The molecule has 0 bridgehead atoms. The van der Waals surface area contributed by atoms with Crippen molar-refractivity contribution in [1.82, 2.24) is 0 Å². The molecule has 0 fully saturated rings. The van der Waals surface area contributed by atoms with Gasteiger partial charge >= 0.3 is 11.8 Å². The lowest BCUT2D eigenvalue weighted by molar-refractivity contribution is 0.0433. The normalized spacial score (nSPS) is 15.2. The molecule has 4 aromatic rings. The predicted molar refractivity (Wildman–Crippen MR) is 114 cm³/mol. The third-order valence-electron chi connectivity index (χ3n) is 7.30. The lowest BCUT2D eigenvalue weighted by Crippen LogP contribution is -2.42. The number of fused-ring (bicyclic) bond motifs is 6. The van der Waals surface area contributed by atoms with Crippen molar-refractivity contribution in [3.63, 3.8) is 0 Å². The molecule has 0 nitrogen and oxygen atoms in total. The number of hydrogen-bond acceptors (Lipinski definition) is 0. The molecule has 1 radical (unpaired) electrons. The average Bonchev–Trinajstić information content (AvgIpc) is 3.38. The Balaban J connectivity index is 1.74. The highest BCUT2D eigenvalue weighted by atomic mass is 19.3. The van der Waals surface area contributed by atoms with E-state index < -0.39 is 156 Å². The number of hydrogen-bond donors (Lipinski definition) is 0. The van der Waals surface area contributed by atoms with Gasteiger partial charge in [0.25, 0.3) is 0 Å². The largest absolute Gasteiger partial charge is 0.302 e. The van der Waals surface area contributed by atoms with Crippen LogP contribution in [-0.2, 0) is 11.8 Å². The zero-order valence-corrected chi connectivity index (χ0v) is 20.4. The van der Waals surface area contributed by atoms with Crippen molar-refractivity contribution in [2.45, 2.75) is 11.8 Å². The van der Waals surface area contributed by atoms with Crippen LogP contribution in [0.4, 0.5) is 79.0 Å². The van der Waals surface area contributed by atoms with Gasteiger partial charge in [-0.15, -0.1) is 0 Å². The van der Waals surface area contributed by atoms with Gasteiger partial charge in [-0.1, -0.05) is 0 Å². The summed E-state index contributed by atoms with van der Waals surface area (Å²) in [7, 11) is -0.752. The zero-order valence-electron chi connectivity index (χ0n) is 20.4. The van der Waals surface area contributed by atoms with Gasteiger partial charge in [0.1, 0.15) is 0 Å². The van der Waals surface area contributed by atoms with E-state index in [1.165, 1.54) is 0 Å². The first-order chi connectivity index (χ1) is 20.7. The van der Waals surface area contributed by atoms with E-state index in [9.17, 15) is 52.7 Å². The monoisotopic (exact) mass is 665 g/mol. The van der Waals surface area contributed by atoms with E-state index in [1.54, 1.807) is 0 Å². The summed E-state index contributed by atoms with van der Waals surface area (Å²) in [6.45, 7) is 0. The Kier molecular flexibility index (Phi) is 6.22. The van der Waals surface area contributed by atoms with Crippen molar-refractivity contribution in [2.24, 2.45) is 0 Å². The second-order valence-electron chi connectivity index (χ2n) is 9.52. The van der Waals surface area contributed by atoms with E-state index in [1.807, 2.05) is 0 Å². The lowest BCUT2D eigenvalue weighted by Gasteiger charge is -2.21. The summed E-state index contributed by atoms with van der Waals surface area (Å²) in [6, 6.07) is 0. The average molecular weight is 665 g/mol. The van der Waals surface area contributed by atoms with Gasteiger partial charge in [-0.25, -0.2) is 61.5 Å². The third-order valence-corrected chi connectivity index (χ3v) is 7.30. The van der Waals surface area contributed by atoms with Crippen LogP contribution in [0.15, 0.2) is 0 Å². The molecule has 0 amide bonds. The van der Waals surface area contributed by atoms with Crippen molar-refractivity contribution < 1.29 is 79.0 Å². The van der Waals surface area contributed by atoms with Crippen LogP contribution < -0.4 is 10.9 Å². The molecule has 0 saturated carbocycles. The SMILES string of the molecule is Fc1c(F)c(F)c2c(c1F)-c1c(F)c(F)c(F)c([B]c3c(F)c(F)c(F)c4c3C(F)(F)c3c(F)c(F)c(F)c(F)c3-4)c1C2(F)F. The van der Waals surface area contributed by atoms with Crippen molar-refractivity contribution >= 4 is 18.2 Å². The standard InChI is InChI=1S/C26BF18/c28-11-1-3-7(15(32)23(40)21(38)13(3)30)25(42,43)5(1)9(17(34)19(11)36)27-10-6-2(12(29)20(37)18(10)35)4-8(26(6,44)45)16(33)24(41)22(39)14(4)31. The maximum atomic E-state index is 15.5. The molecule has 233 valence electrons. The molecule has 2 aliphatic carbocycles.